The van der Waals surface area contributed by atoms with Crippen molar-refractivity contribution in [3.05, 3.63) is 29.6 Å². The lowest BCUT2D eigenvalue weighted by Crippen LogP contribution is -2.12. The minimum Gasteiger partial charge on any atom is -0.491 e. The molecule has 4 heteroatoms. The van der Waals surface area contributed by atoms with Crippen molar-refractivity contribution in [1.29, 1.82) is 0 Å². The van der Waals surface area contributed by atoms with Crippen molar-refractivity contribution >= 4 is 0 Å². The van der Waals surface area contributed by atoms with Crippen molar-refractivity contribution in [2.75, 3.05) is 19.8 Å². The van der Waals surface area contributed by atoms with Gasteiger partial charge in [0.1, 0.15) is 18.2 Å². The van der Waals surface area contributed by atoms with Crippen LogP contribution in [0.4, 0.5) is 4.39 Å². The number of benzene rings is 1. The lowest BCUT2D eigenvalue weighted by Gasteiger charge is -2.14. The zero-order valence-corrected chi connectivity index (χ0v) is 12.0. The van der Waals surface area contributed by atoms with Gasteiger partial charge in [-0.25, -0.2) is 4.39 Å². The lowest BCUT2D eigenvalue weighted by atomic mass is 10.1. The van der Waals surface area contributed by atoms with Crippen molar-refractivity contribution in [2.45, 2.75) is 33.2 Å². The molecule has 0 aliphatic carbocycles. The molecule has 0 heterocycles. The first-order chi connectivity index (χ1) is 9.00. The maximum absolute atomic E-state index is 13.2. The van der Waals surface area contributed by atoms with E-state index >= 15 is 0 Å². The highest BCUT2D eigenvalue weighted by Gasteiger charge is 2.09. The third-order valence-corrected chi connectivity index (χ3v) is 2.79. The highest BCUT2D eigenvalue weighted by molar-refractivity contribution is 5.36. The SMILES string of the molecule is CC(C)CCOCCOc1cc(F)ccc1[C@H](C)N. The highest BCUT2D eigenvalue weighted by Crippen LogP contribution is 2.24. The van der Waals surface area contributed by atoms with E-state index in [9.17, 15) is 4.39 Å². The van der Waals surface area contributed by atoms with Crippen LogP contribution in [0.25, 0.3) is 0 Å². The normalized spacial score (nSPS) is 12.7. The van der Waals surface area contributed by atoms with Crippen LogP contribution >= 0.6 is 0 Å². The fraction of sp³-hybridized carbons (Fsp3) is 0.600. The molecule has 0 aromatic heterocycles. The van der Waals surface area contributed by atoms with Crippen molar-refractivity contribution in [1.82, 2.24) is 0 Å². The van der Waals surface area contributed by atoms with E-state index in [2.05, 4.69) is 13.8 Å². The van der Waals surface area contributed by atoms with Gasteiger partial charge in [0, 0.05) is 24.3 Å². The second-order valence-corrected chi connectivity index (χ2v) is 5.11. The van der Waals surface area contributed by atoms with Gasteiger partial charge >= 0.3 is 0 Å². The molecule has 0 bridgehead atoms. The Balaban J connectivity index is 2.38. The molecule has 1 aromatic carbocycles. The van der Waals surface area contributed by atoms with Crippen LogP contribution in [-0.4, -0.2) is 19.8 Å². The summed E-state index contributed by atoms with van der Waals surface area (Å²) in [5, 5.41) is 0. The maximum Gasteiger partial charge on any atom is 0.127 e. The summed E-state index contributed by atoms with van der Waals surface area (Å²) in [6.07, 6.45) is 1.03. The zero-order valence-electron chi connectivity index (χ0n) is 12.0. The van der Waals surface area contributed by atoms with E-state index in [1.807, 2.05) is 6.92 Å². The van der Waals surface area contributed by atoms with Crippen LogP contribution in [0.1, 0.15) is 38.8 Å². The molecular formula is C15H24FNO2. The Kier molecular flexibility index (Phi) is 6.81. The summed E-state index contributed by atoms with van der Waals surface area (Å²) in [4.78, 5) is 0. The molecule has 0 saturated carbocycles. The first-order valence-electron chi connectivity index (χ1n) is 6.76. The summed E-state index contributed by atoms with van der Waals surface area (Å²) < 4.78 is 24.2. The van der Waals surface area contributed by atoms with Gasteiger partial charge in [-0.1, -0.05) is 19.9 Å². The predicted molar refractivity (Wildman–Crippen MR) is 74.8 cm³/mol. The van der Waals surface area contributed by atoms with Gasteiger partial charge < -0.3 is 15.2 Å². The Morgan fingerprint density at radius 2 is 1.89 bits per heavy atom. The van der Waals surface area contributed by atoms with E-state index < -0.39 is 0 Å². The molecule has 108 valence electrons. The third kappa shape index (κ3) is 6.03. The van der Waals surface area contributed by atoms with E-state index in [-0.39, 0.29) is 11.9 Å². The smallest absolute Gasteiger partial charge is 0.127 e. The summed E-state index contributed by atoms with van der Waals surface area (Å²) in [7, 11) is 0. The van der Waals surface area contributed by atoms with Gasteiger partial charge in [0.15, 0.2) is 0 Å². The number of rotatable bonds is 8. The second kappa shape index (κ2) is 8.12. The molecule has 2 N–H and O–H groups in total. The quantitative estimate of drug-likeness (QED) is 0.736. The molecule has 0 aliphatic rings. The standard InChI is InChI=1S/C15H24FNO2/c1-11(2)6-7-18-8-9-19-15-10-13(16)4-5-14(15)12(3)17/h4-5,10-12H,6-9,17H2,1-3H3/t12-/m0/s1. The molecule has 0 amide bonds. The van der Waals surface area contributed by atoms with Crippen molar-refractivity contribution in [2.24, 2.45) is 11.7 Å². The summed E-state index contributed by atoms with van der Waals surface area (Å²) in [6, 6.07) is 4.24. The monoisotopic (exact) mass is 269 g/mol. The van der Waals surface area contributed by atoms with E-state index in [1.54, 1.807) is 6.07 Å². The van der Waals surface area contributed by atoms with Crippen LogP contribution in [0.15, 0.2) is 18.2 Å². The fourth-order valence-electron chi connectivity index (χ4n) is 1.64. The molecular weight excluding hydrogens is 245 g/mol. The zero-order chi connectivity index (χ0) is 14.3. The molecule has 1 rings (SSSR count). The Morgan fingerprint density at radius 3 is 2.53 bits per heavy atom. The average Bonchev–Trinajstić information content (AvgIpc) is 2.33. The molecule has 19 heavy (non-hydrogen) atoms. The molecule has 3 nitrogen and oxygen atoms in total. The number of hydrogen-bond donors (Lipinski definition) is 1. The van der Waals surface area contributed by atoms with Crippen molar-refractivity contribution in [3.8, 4) is 5.75 Å². The van der Waals surface area contributed by atoms with E-state index in [0.717, 1.165) is 18.6 Å². The third-order valence-electron chi connectivity index (χ3n) is 2.79. The Bertz CT molecular complexity index is 380. The molecule has 0 fully saturated rings. The van der Waals surface area contributed by atoms with Crippen LogP contribution in [0.5, 0.6) is 5.75 Å². The Morgan fingerprint density at radius 1 is 1.16 bits per heavy atom. The van der Waals surface area contributed by atoms with Gasteiger partial charge in [-0.15, -0.1) is 0 Å². The molecule has 0 spiro atoms. The Labute approximate surface area is 114 Å². The van der Waals surface area contributed by atoms with Gasteiger partial charge in [0.05, 0.1) is 6.61 Å². The van der Waals surface area contributed by atoms with Gasteiger partial charge in [0.2, 0.25) is 0 Å². The van der Waals surface area contributed by atoms with Crippen molar-refractivity contribution in [3.63, 3.8) is 0 Å². The molecule has 0 aliphatic heterocycles. The average molecular weight is 269 g/mol. The fourth-order valence-corrected chi connectivity index (χ4v) is 1.64. The minimum atomic E-state index is -0.319. The number of halogens is 1. The van der Waals surface area contributed by atoms with Gasteiger partial charge in [-0.3, -0.25) is 0 Å². The largest absolute Gasteiger partial charge is 0.491 e. The van der Waals surface area contributed by atoms with Gasteiger partial charge in [0.25, 0.3) is 0 Å². The van der Waals surface area contributed by atoms with Crippen LogP contribution in [-0.2, 0) is 4.74 Å². The molecule has 1 atom stereocenters. The number of ether oxygens (including phenoxy) is 2. The highest BCUT2D eigenvalue weighted by atomic mass is 19.1. The summed E-state index contributed by atoms with van der Waals surface area (Å²) in [5.74, 6) is 0.816. The summed E-state index contributed by atoms with van der Waals surface area (Å²) in [6.45, 7) is 7.79. The van der Waals surface area contributed by atoms with Crippen LogP contribution < -0.4 is 10.5 Å². The van der Waals surface area contributed by atoms with E-state index in [4.69, 9.17) is 15.2 Å². The predicted octanol–water partition coefficient (Wildman–Crippen LogP) is 3.29. The molecule has 0 radical (unpaired) electrons. The second-order valence-electron chi connectivity index (χ2n) is 5.11. The molecule has 0 unspecified atom stereocenters. The lowest BCUT2D eigenvalue weighted by molar-refractivity contribution is 0.0921. The Hall–Kier alpha value is -1.13. The maximum atomic E-state index is 13.2. The first kappa shape index (κ1) is 15.9. The number of hydrogen-bond acceptors (Lipinski definition) is 3. The van der Waals surface area contributed by atoms with E-state index in [1.165, 1.54) is 12.1 Å². The number of nitrogens with two attached hydrogens (primary N) is 1. The minimum absolute atomic E-state index is 0.183. The summed E-state index contributed by atoms with van der Waals surface area (Å²) in [5.41, 5.74) is 6.62. The van der Waals surface area contributed by atoms with Crippen molar-refractivity contribution < 1.29 is 13.9 Å². The molecule has 1 aromatic rings. The van der Waals surface area contributed by atoms with Gasteiger partial charge in [-0.2, -0.15) is 0 Å². The van der Waals surface area contributed by atoms with Crippen LogP contribution in [0.3, 0.4) is 0 Å². The van der Waals surface area contributed by atoms with Crippen LogP contribution in [0.2, 0.25) is 0 Å². The van der Waals surface area contributed by atoms with E-state index in [0.29, 0.717) is 24.9 Å². The first-order valence-corrected chi connectivity index (χ1v) is 6.76. The molecule has 0 saturated heterocycles. The van der Waals surface area contributed by atoms with Crippen LogP contribution in [0, 0.1) is 11.7 Å². The van der Waals surface area contributed by atoms with Gasteiger partial charge in [-0.05, 0) is 25.3 Å². The summed E-state index contributed by atoms with van der Waals surface area (Å²) >= 11 is 0. The topological polar surface area (TPSA) is 44.5 Å².